The largest absolute Gasteiger partial charge is 0.488 e. The smallest absolute Gasteiger partial charge is 0.123 e. The molecule has 0 amide bonds. The van der Waals surface area contributed by atoms with Crippen LogP contribution in [0, 0.1) is 0 Å². The minimum Gasteiger partial charge on any atom is -0.488 e. The van der Waals surface area contributed by atoms with Crippen LogP contribution in [0.1, 0.15) is 18.6 Å². The topological polar surface area (TPSA) is 29.5 Å². The van der Waals surface area contributed by atoms with Crippen molar-refractivity contribution in [2.75, 3.05) is 6.61 Å². The highest BCUT2D eigenvalue weighted by molar-refractivity contribution is 6.29. The number of aliphatic hydroxyl groups is 1. The molecule has 1 atom stereocenters. The normalized spacial score (nSPS) is 12.2. The fraction of sp³-hybridized carbons (Fsp3) is 0.273. The Balaban J connectivity index is 2.68. The second-order valence-electron chi connectivity index (χ2n) is 3.05. The second kappa shape index (κ2) is 5.03. The third kappa shape index (κ3) is 3.40. The van der Waals surface area contributed by atoms with Crippen molar-refractivity contribution in [2.24, 2.45) is 0 Å². The molecular weight excluding hydrogens is 200 g/mol. The van der Waals surface area contributed by atoms with E-state index in [4.69, 9.17) is 16.3 Å². The van der Waals surface area contributed by atoms with E-state index in [9.17, 15) is 5.11 Å². The lowest BCUT2D eigenvalue weighted by Crippen LogP contribution is -1.97. The maximum absolute atomic E-state index is 9.33. The number of hydrogen-bond acceptors (Lipinski definition) is 2. The van der Waals surface area contributed by atoms with Gasteiger partial charge in [0.1, 0.15) is 12.4 Å². The molecule has 1 rings (SSSR count). The molecule has 14 heavy (non-hydrogen) atoms. The Hall–Kier alpha value is -0.990. The SMILES string of the molecule is C=C(Cl)COc1cccc([C@@H](C)O)c1. The van der Waals surface area contributed by atoms with Crippen LogP contribution in [0.25, 0.3) is 0 Å². The second-order valence-corrected chi connectivity index (χ2v) is 3.59. The lowest BCUT2D eigenvalue weighted by molar-refractivity contribution is 0.198. The maximum Gasteiger partial charge on any atom is 0.123 e. The average Bonchev–Trinajstić information content (AvgIpc) is 2.15. The number of benzene rings is 1. The minimum absolute atomic E-state index is 0.283. The quantitative estimate of drug-likeness (QED) is 0.832. The highest BCUT2D eigenvalue weighted by atomic mass is 35.5. The molecule has 0 aliphatic rings. The first-order valence-corrected chi connectivity index (χ1v) is 4.71. The molecule has 0 saturated carbocycles. The summed E-state index contributed by atoms with van der Waals surface area (Å²) < 4.78 is 5.32. The van der Waals surface area contributed by atoms with Crippen LogP contribution in [0.3, 0.4) is 0 Å². The van der Waals surface area contributed by atoms with E-state index in [1.54, 1.807) is 13.0 Å². The molecule has 1 N–H and O–H groups in total. The van der Waals surface area contributed by atoms with E-state index in [1.165, 1.54) is 0 Å². The number of ether oxygens (including phenoxy) is 1. The zero-order chi connectivity index (χ0) is 10.6. The monoisotopic (exact) mass is 212 g/mol. The van der Waals surface area contributed by atoms with E-state index in [1.807, 2.05) is 18.2 Å². The average molecular weight is 213 g/mol. The van der Waals surface area contributed by atoms with Gasteiger partial charge in [-0.2, -0.15) is 0 Å². The standard InChI is InChI=1S/C11H13ClO2/c1-8(12)7-14-11-5-3-4-10(6-11)9(2)13/h3-6,9,13H,1,7H2,2H3/t9-/m1/s1. The molecule has 0 heterocycles. The van der Waals surface area contributed by atoms with Gasteiger partial charge in [-0.05, 0) is 24.6 Å². The van der Waals surface area contributed by atoms with Crippen LogP contribution in [-0.2, 0) is 0 Å². The summed E-state index contributed by atoms with van der Waals surface area (Å²) in [5.41, 5.74) is 0.822. The lowest BCUT2D eigenvalue weighted by atomic mass is 10.1. The molecule has 0 unspecified atom stereocenters. The molecule has 0 aliphatic carbocycles. The summed E-state index contributed by atoms with van der Waals surface area (Å²) >= 11 is 5.56. The van der Waals surface area contributed by atoms with Gasteiger partial charge in [-0.15, -0.1) is 0 Å². The van der Waals surface area contributed by atoms with Gasteiger partial charge in [0.05, 0.1) is 6.10 Å². The van der Waals surface area contributed by atoms with Crippen LogP contribution < -0.4 is 4.74 Å². The van der Waals surface area contributed by atoms with Gasteiger partial charge in [-0.25, -0.2) is 0 Å². The summed E-state index contributed by atoms with van der Waals surface area (Å²) in [6.07, 6.45) is -0.488. The van der Waals surface area contributed by atoms with Crippen LogP contribution in [0.2, 0.25) is 0 Å². The summed E-state index contributed by atoms with van der Waals surface area (Å²) in [6.45, 7) is 5.51. The van der Waals surface area contributed by atoms with Crippen molar-refractivity contribution in [1.82, 2.24) is 0 Å². The van der Waals surface area contributed by atoms with Crippen LogP contribution in [0.5, 0.6) is 5.75 Å². The van der Waals surface area contributed by atoms with Crippen LogP contribution in [-0.4, -0.2) is 11.7 Å². The number of halogens is 1. The minimum atomic E-state index is -0.488. The van der Waals surface area contributed by atoms with E-state index >= 15 is 0 Å². The Morgan fingerprint density at radius 3 is 2.93 bits per heavy atom. The molecule has 0 saturated heterocycles. The van der Waals surface area contributed by atoms with Crippen LogP contribution in [0.4, 0.5) is 0 Å². The van der Waals surface area contributed by atoms with Gasteiger partial charge >= 0.3 is 0 Å². The fourth-order valence-electron chi connectivity index (χ4n) is 1.03. The third-order valence-corrected chi connectivity index (χ3v) is 1.85. The van der Waals surface area contributed by atoms with Crippen LogP contribution >= 0.6 is 11.6 Å². The predicted octanol–water partition coefficient (Wildman–Crippen LogP) is 2.87. The van der Waals surface area contributed by atoms with Gasteiger partial charge in [-0.1, -0.05) is 30.3 Å². The molecule has 0 bridgehead atoms. The van der Waals surface area contributed by atoms with Crippen molar-refractivity contribution < 1.29 is 9.84 Å². The summed E-state index contributed by atoms with van der Waals surface area (Å²) in [5, 5.41) is 9.78. The highest BCUT2D eigenvalue weighted by Gasteiger charge is 2.02. The van der Waals surface area contributed by atoms with Crippen molar-refractivity contribution in [3.8, 4) is 5.75 Å². The maximum atomic E-state index is 9.33. The number of hydrogen-bond donors (Lipinski definition) is 1. The molecular formula is C11H13ClO2. The van der Waals surface area contributed by atoms with Gasteiger partial charge in [-0.3, -0.25) is 0 Å². The van der Waals surface area contributed by atoms with Gasteiger partial charge in [0.2, 0.25) is 0 Å². The Kier molecular flexibility index (Phi) is 3.98. The van der Waals surface area contributed by atoms with Gasteiger partial charge in [0.25, 0.3) is 0 Å². The van der Waals surface area contributed by atoms with E-state index in [0.717, 1.165) is 5.56 Å². The third-order valence-electron chi connectivity index (χ3n) is 1.74. The zero-order valence-electron chi connectivity index (χ0n) is 8.03. The Morgan fingerprint density at radius 2 is 2.36 bits per heavy atom. The van der Waals surface area contributed by atoms with Gasteiger partial charge < -0.3 is 9.84 Å². The molecule has 0 aromatic heterocycles. The number of aliphatic hydroxyl groups excluding tert-OH is 1. The first-order valence-electron chi connectivity index (χ1n) is 4.33. The molecule has 1 aromatic rings. The number of rotatable bonds is 4. The molecule has 1 aromatic carbocycles. The first-order chi connectivity index (χ1) is 6.59. The molecule has 3 heteroatoms. The lowest BCUT2D eigenvalue weighted by Gasteiger charge is -2.08. The molecule has 0 radical (unpaired) electrons. The van der Waals surface area contributed by atoms with E-state index in [-0.39, 0.29) is 6.61 Å². The van der Waals surface area contributed by atoms with Crippen LogP contribution in [0.15, 0.2) is 35.9 Å². The zero-order valence-corrected chi connectivity index (χ0v) is 8.79. The van der Waals surface area contributed by atoms with E-state index in [2.05, 4.69) is 6.58 Å². The molecule has 0 spiro atoms. The summed E-state index contributed by atoms with van der Waals surface area (Å²) in [6, 6.07) is 7.26. The summed E-state index contributed by atoms with van der Waals surface area (Å²) in [7, 11) is 0. The van der Waals surface area contributed by atoms with Crippen molar-refractivity contribution in [3.63, 3.8) is 0 Å². The Morgan fingerprint density at radius 1 is 1.64 bits per heavy atom. The molecule has 0 fully saturated rings. The molecule has 2 nitrogen and oxygen atoms in total. The van der Waals surface area contributed by atoms with Gasteiger partial charge in [0.15, 0.2) is 0 Å². The highest BCUT2D eigenvalue weighted by Crippen LogP contribution is 2.19. The van der Waals surface area contributed by atoms with Crippen molar-refractivity contribution in [3.05, 3.63) is 41.4 Å². The van der Waals surface area contributed by atoms with Crippen molar-refractivity contribution in [2.45, 2.75) is 13.0 Å². The first kappa shape index (κ1) is 11.1. The summed E-state index contributed by atoms with van der Waals surface area (Å²) in [5.74, 6) is 0.685. The Labute approximate surface area is 88.8 Å². The molecule has 76 valence electrons. The van der Waals surface area contributed by atoms with E-state index < -0.39 is 6.10 Å². The van der Waals surface area contributed by atoms with Gasteiger partial charge in [0, 0.05) is 5.03 Å². The summed E-state index contributed by atoms with van der Waals surface area (Å²) in [4.78, 5) is 0. The van der Waals surface area contributed by atoms with Crippen molar-refractivity contribution in [1.29, 1.82) is 0 Å². The molecule has 0 aliphatic heterocycles. The van der Waals surface area contributed by atoms with E-state index in [0.29, 0.717) is 10.8 Å². The fourth-order valence-corrected chi connectivity index (χ4v) is 1.08. The van der Waals surface area contributed by atoms with Crippen molar-refractivity contribution >= 4 is 11.6 Å². The Bertz CT molecular complexity index is 321. The predicted molar refractivity (Wildman–Crippen MR) is 57.6 cm³/mol.